The molecular formula is C13H10FN3O2. The van der Waals surface area contributed by atoms with Gasteiger partial charge in [0.1, 0.15) is 17.0 Å². The van der Waals surface area contributed by atoms with Gasteiger partial charge in [-0.25, -0.2) is 4.39 Å². The molecule has 0 spiro atoms. The number of aromatic nitrogens is 2. The third-order valence-electron chi connectivity index (χ3n) is 2.89. The molecular weight excluding hydrogens is 249 g/mol. The maximum absolute atomic E-state index is 13.0. The highest BCUT2D eigenvalue weighted by molar-refractivity contribution is 5.93. The Bertz CT molecular complexity index is 818. The number of benzene rings is 1. The number of furan rings is 1. The van der Waals surface area contributed by atoms with Gasteiger partial charge in [0, 0.05) is 5.56 Å². The van der Waals surface area contributed by atoms with Crippen LogP contribution >= 0.6 is 0 Å². The lowest BCUT2D eigenvalue weighted by atomic mass is 10.0. The number of nitrogens with two attached hydrogens (primary N) is 1. The SMILES string of the molecule is Cc1oc2nc(N)[nH]c(=O)c2c1-c1ccc(F)cc1. The first kappa shape index (κ1) is 11.5. The van der Waals surface area contributed by atoms with Crippen LogP contribution in [0.5, 0.6) is 0 Å². The summed E-state index contributed by atoms with van der Waals surface area (Å²) < 4.78 is 18.4. The molecule has 96 valence electrons. The van der Waals surface area contributed by atoms with Crippen LogP contribution in [0.3, 0.4) is 0 Å². The summed E-state index contributed by atoms with van der Waals surface area (Å²) in [5, 5.41) is 0.318. The van der Waals surface area contributed by atoms with E-state index >= 15 is 0 Å². The number of nitrogen functional groups attached to an aromatic ring is 1. The van der Waals surface area contributed by atoms with Crippen molar-refractivity contribution in [3.8, 4) is 11.1 Å². The van der Waals surface area contributed by atoms with Crippen LogP contribution in [0.1, 0.15) is 5.76 Å². The highest BCUT2D eigenvalue weighted by atomic mass is 19.1. The molecule has 0 aliphatic rings. The quantitative estimate of drug-likeness (QED) is 0.701. The van der Waals surface area contributed by atoms with E-state index in [0.29, 0.717) is 22.3 Å². The average molecular weight is 259 g/mol. The number of rotatable bonds is 1. The molecule has 0 bridgehead atoms. The van der Waals surface area contributed by atoms with Gasteiger partial charge in [-0.15, -0.1) is 0 Å². The van der Waals surface area contributed by atoms with Crippen molar-refractivity contribution in [2.24, 2.45) is 0 Å². The first-order valence-electron chi connectivity index (χ1n) is 5.61. The van der Waals surface area contributed by atoms with Crippen LogP contribution in [0.4, 0.5) is 10.3 Å². The van der Waals surface area contributed by atoms with Crippen LogP contribution in [0, 0.1) is 12.7 Å². The van der Waals surface area contributed by atoms with Crippen molar-refractivity contribution in [2.45, 2.75) is 6.92 Å². The second kappa shape index (κ2) is 3.94. The number of anilines is 1. The highest BCUT2D eigenvalue weighted by Gasteiger charge is 2.17. The van der Waals surface area contributed by atoms with Gasteiger partial charge in [-0.3, -0.25) is 9.78 Å². The summed E-state index contributed by atoms with van der Waals surface area (Å²) in [6, 6.07) is 5.82. The van der Waals surface area contributed by atoms with Gasteiger partial charge in [0.05, 0.1) is 0 Å². The van der Waals surface area contributed by atoms with E-state index in [1.807, 2.05) is 0 Å². The number of hydrogen-bond donors (Lipinski definition) is 2. The van der Waals surface area contributed by atoms with Crippen molar-refractivity contribution in [3.63, 3.8) is 0 Å². The molecule has 0 unspecified atom stereocenters. The van der Waals surface area contributed by atoms with E-state index in [1.165, 1.54) is 12.1 Å². The van der Waals surface area contributed by atoms with Crippen LogP contribution in [-0.4, -0.2) is 9.97 Å². The molecule has 6 heteroatoms. The van der Waals surface area contributed by atoms with Gasteiger partial charge in [-0.1, -0.05) is 12.1 Å². The summed E-state index contributed by atoms with van der Waals surface area (Å²) in [7, 11) is 0. The van der Waals surface area contributed by atoms with Gasteiger partial charge >= 0.3 is 0 Å². The fraction of sp³-hybridized carbons (Fsp3) is 0.0769. The number of hydrogen-bond acceptors (Lipinski definition) is 4. The molecule has 5 nitrogen and oxygen atoms in total. The number of H-pyrrole nitrogens is 1. The van der Waals surface area contributed by atoms with Gasteiger partial charge in [0.2, 0.25) is 11.7 Å². The van der Waals surface area contributed by atoms with E-state index < -0.39 is 0 Å². The van der Waals surface area contributed by atoms with E-state index in [-0.39, 0.29) is 23.0 Å². The van der Waals surface area contributed by atoms with Gasteiger partial charge in [-0.05, 0) is 24.6 Å². The Morgan fingerprint density at radius 3 is 2.68 bits per heavy atom. The van der Waals surface area contributed by atoms with Crippen molar-refractivity contribution < 1.29 is 8.81 Å². The molecule has 0 aliphatic heterocycles. The number of halogens is 1. The van der Waals surface area contributed by atoms with E-state index in [9.17, 15) is 9.18 Å². The van der Waals surface area contributed by atoms with E-state index in [4.69, 9.17) is 10.2 Å². The largest absolute Gasteiger partial charge is 0.442 e. The summed E-state index contributed by atoms with van der Waals surface area (Å²) >= 11 is 0. The summed E-state index contributed by atoms with van der Waals surface area (Å²) in [6.45, 7) is 1.72. The van der Waals surface area contributed by atoms with Gasteiger partial charge in [-0.2, -0.15) is 4.98 Å². The molecule has 2 heterocycles. The Morgan fingerprint density at radius 2 is 2.00 bits per heavy atom. The normalized spacial score (nSPS) is 11.1. The highest BCUT2D eigenvalue weighted by Crippen LogP contribution is 2.31. The molecule has 0 amide bonds. The van der Waals surface area contributed by atoms with Crippen molar-refractivity contribution in [1.29, 1.82) is 0 Å². The molecule has 0 saturated carbocycles. The van der Waals surface area contributed by atoms with Gasteiger partial charge in [0.25, 0.3) is 5.56 Å². The van der Waals surface area contributed by atoms with Crippen molar-refractivity contribution in [1.82, 2.24) is 9.97 Å². The lowest BCUT2D eigenvalue weighted by molar-refractivity contribution is 0.568. The van der Waals surface area contributed by atoms with Crippen LogP contribution < -0.4 is 11.3 Å². The van der Waals surface area contributed by atoms with Crippen LogP contribution in [0.25, 0.3) is 22.2 Å². The first-order valence-corrected chi connectivity index (χ1v) is 5.61. The standard InChI is InChI=1S/C13H10FN3O2/c1-6-9(7-2-4-8(14)5-3-7)10-11(18)16-13(15)17-12(10)19-6/h2-5H,1H3,(H3,15,16,17,18). The molecule has 1 aromatic carbocycles. The summed E-state index contributed by atoms with van der Waals surface area (Å²) in [4.78, 5) is 18.3. The third kappa shape index (κ3) is 1.77. The Hall–Kier alpha value is -2.63. The molecule has 0 saturated heterocycles. The van der Waals surface area contributed by atoms with E-state index in [0.717, 1.165) is 0 Å². The average Bonchev–Trinajstić information content (AvgIpc) is 2.66. The minimum absolute atomic E-state index is 0.00286. The number of nitrogens with one attached hydrogen (secondary N) is 1. The second-order valence-electron chi connectivity index (χ2n) is 4.17. The van der Waals surface area contributed by atoms with Gasteiger partial charge < -0.3 is 10.2 Å². The topological polar surface area (TPSA) is 84.9 Å². The molecule has 3 rings (SSSR count). The first-order chi connectivity index (χ1) is 9.06. The molecule has 0 atom stereocenters. The maximum atomic E-state index is 13.0. The number of fused-ring (bicyclic) bond motifs is 1. The summed E-state index contributed by atoms with van der Waals surface area (Å²) in [6.07, 6.45) is 0. The zero-order valence-electron chi connectivity index (χ0n) is 10.0. The molecule has 2 aromatic heterocycles. The van der Waals surface area contributed by atoms with Crippen LogP contribution in [0.15, 0.2) is 33.5 Å². The summed E-state index contributed by atoms with van der Waals surface area (Å²) in [5.74, 6) is 0.188. The molecule has 0 fully saturated rings. The fourth-order valence-corrected chi connectivity index (χ4v) is 2.10. The minimum atomic E-state index is -0.376. The lowest BCUT2D eigenvalue weighted by Gasteiger charge is -1.99. The lowest BCUT2D eigenvalue weighted by Crippen LogP contribution is -2.10. The predicted octanol–water partition coefficient (Wildman–Crippen LogP) is 2.21. The Balaban J connectivity index is 2.38. The van der Waals surface area contributed by atoms with Crippen molar-refractivity contribution in [3.05, 3.63) is 46.2 Å². The van der Waals surface area contributed by atoms with Crippen molar-refractivity contribution >= 4 is 17.0 Å². The number of aryl methyl sites for hydroxylation is 1. The summed E-state index contributed by atoms with van der Waals surface area (Å²) in [5.41, 5.74) is 6.56. The Kier molecular flexibility index (Phi) is 2.38. The Morgan fingerprint density at radius 1 is 1.32 bits per heavy atom. The Labute approximate surface area is 106 Å². The molecule has 3 N–H and O–H groups in total. The molecule has 3 aromatic rings. The van der Waals surface area contributed by atoms with E-state index in [2.05, 4.69) is 9.97 Å². The number of nitrogens with zero attached hydrogens (tertiary/aromatic N) is 1. The zero-order valence-corrected chi connectivity index (χ0v) is 10.0. The third-order valence-corrected chi connectivity index (χ3v) is 2.89. The van der Waals surface area contributed by atoms with Crippen LogP contribution in [0.2, 0.25) is 0 Å². The number of aromatic amines is 1. The smallest absolute Gasteiger partial charge is 0.264 e. The van der Waals surface area contributed by atoms with Gasteiger partial charge in [0.15, 0.2) is 0 Å². The maximum Gasteiger partial charge on any atom is 0.264 e. The fourth-order valence-electron chi connectivity index (χ4n) is 2.10. The monoisotopic (exact) mass is 259 g/mol. The molecule has 0 aliphatic carbocycles. The minimum Gasteiger partial charge on any atom is -0.442 e. The van der Waals surface area contributed by atoms with Crippen LogP contribution in [-0.2, 0) is 0 Å². The van der Waals surface area contributed by atoms with E-state index in [1.54, 1.807) is 19.1 Å². The molecule has 0 radical (unpaired) electrons. The predicted molar refractivity (Wildman–Crippen MR) is 69.2 cm³/mol. The molecule has 19 heavy (non-hydrogen) atoms. The van der Waals surface area contributed by atoms with Crippen molar-refractivity contribution in [2.75, 3.05) is 5.73 Å². The second-order valence-corrected chi connectivity index (χ2v) is 4.17. The zero-order chi connectivity index (χ0) is 13.6.